The molecule has 1 spiro atoms. The lowest BCUT2D eigenvalue weighted by Gasteiger charge is -2.41. The van der Waals surface area contributed by atoms with Crippen molar-refractivity contribution in [1.29, 1.82) is 0 Å². The zero-order valence-electron chi connectivity index (χ0n) is 32.9. The van der Waals surface area contributed by atoms with E-state index in [0.29, 0.717) is 0 Å². The summed E-state index contributed by atoms with van der Waals surface area (Å²) in [4.78, 5) is 2.55. The van der Waals surface area contributed by atoms with Crippen LogP contribution in [0.4, 0.5) is 17.1 Å². The van der Waals surface area contributed by atoms with Crippen molar-refractivity contribution in [3.8, 4) is 22.3 Å². The van der Waals surface area contributed by atoms with Crippen LogP contribution >= 0.6 is 11.3 Å². The molecule has 3 aliphatic rings. The van der Waals surface area contributed by atoms with Crippen molar-refractivity contribution in [2.75, 3.05) is 4.90 Å². The molecule has 1 heterocycles. The highest BCUT2D eigenvalue weighted by Gasteiger charge is 2.51. The summed E-state index contributed by atoms with van der Waals surface area (Å²) in [6.45, 7) is 9.75. The molecule has 9 aromatic rings. The topological polar surface area (TPSA) is 3.24 Å². The maximum atomic E-state index is 2.56. The summed E-state index contributed by atoms with van der Waals surface area (Å²) in [7, 11) is 0. The summed E-state index contributed by atoms with van der Waals surface area (Å²) in [6, 6.07) is 62.3. The molecule has 0 saturated heterocycles. The smallest absolute Gasteiger partial charge is 0.0725 e. The molecule has 0 bridgehead atoms. The second-order valence-electron chi connectivity index (χ2n) is 17.9. The number of anilines is 3. The van der Waals surface area contributed by atoms with Gasteiger partial charge in [0, 0.05) is 26.5 Å². The Bertz CT molecular complexity index is 3110. The fourth-order valence-corrected chi connectivity index (χ4v) is 12.3. The number of hydrogen-bond acceptors (Lipinski definition) is 2. The first-order chi connectivity index (χ1) is 27.8. The largest absolute Gasteiger partial charge is 0.308 e. The molecule has 0 aliphatic heterocycles. The van der Waals surface area contributed by atoms with Crippen LogP contribution in [-0.4, -0.2) is 0 Å². The zero-order valence-corrected chi connectivity index (χ0v) is 33.7. The molecule has 0 radical (unpaired) electrons. The van der Waals surface area contributed by atoms with Crippen molar-refractivity contribution in [3.63, 3.8) is 0 Å². The van der Waals surface area contributed by atoms with Gasteiger partial charge in [-0.2, -0.15) is 0 Å². The molecule has 12 rings (SSSR count). The predicted octanol–water partition coefficient (Wildman–Crippen LogP) is 15.4. The van der Waals surface area contributed by atoms with E-state index in [1.165, 1.54) is 116 Å². The molecule has 2 heteroatoms. The van der Waals surface area contributed by atoms with Crippen molar-refractivity contribution < 1.29 is 0 Å². The Hall–Kier alpha value is -5.96. The van der Waals surface area contributed by atoms with Crippen molar-refractivity contribution in [1.82, 2.24) is 0 Å². The summed E-state index contributed by atoms with van der Waals surface area (Å²) in [6.07, 6.45) is 2.42. The van der Waals surface area contributed by atoms with Gasteiger partial charge in [-0.05, 0) is 121 Å². The molecule has 1 nitrogen and oxygen atoms in total. The van der Waals surface area contributed by atoms with Crippen LogP contribution in [0.5, 0.6) is 0 Å². The Labute approximate surface area is 338 Å². The molecule has 3 aliphatic carbocycles. The third-order valence-corrected chi connectivity index (χ3v) is 15.1. The monoisotopic (exact) mass is 749 g/mol. The van der Waals surface area contributed by atoms with Crippen LogP contribution in [0, 0.1) is 0 Å². The summed E-state index contributed by atoms with van der Waals surface area (Å²) < 4.78 is 2.71. The van der Waals surface area contributed by atoms with E-state index in [-0.39, 0.29) is 16.2 Å². The molecule has 8 aromatic carbocycles. The first-order valence-corrected chi connectivity index (χ1v) is 21.3. The first kappa shape index (κ1) is 33.2. The van der Waals surface area contributed by atoms with Gasteiger partial charge in [0.15, 0.2) is 0 Å². The van der Waals surface area contributed by atoms with E-state index in [0.717, 1.165) is 0 Å². The van der Waals surface area contributed by atoms with Crippen LogP contribution in [0.3, 0.4) is 0 Å². The Morgan fingerprint density at radius 2 is 0.947 bits per heavy atom. The normalized spacial score (nSPS) is 16.4. The van der Waals surface area contributed by atoms with Crippen LogP contribution in [0.1, 0.15) is 73.9 Å². The van der Waals surface area contributed by atoms with Gasteiger partial charge in [-0.25, -0.2) is 0 Å². The number of rotatable bonds is 3. The number of thiophene rings is 1. The SMILES string of the molecule is CC1(C)CCC(C)(C)c2cc3c(cc21)sc1c(N(c2ccc4c(c2)-c2ccccc2C42c4ccccc4-c4ccccc42)c2cccc4ccccc24)cccc13. The van der Waals surface area contributed by atoms with Gasteiger partial charge in [0.1, 0.15) is 0 Å². The number of hydrogen-bond donors (Lipinski definition) is 0. The minimum Gasteiger partial charge on any atom is -0.308 e. The van der Waals surface area contributed by atoms with Gasteiger partial charge in [0.05, 0.1) is 21.5 Å². The molecule has 1 aromatic heterocycles. The predicted molar refractivity (Wildman–Crippen MR) is 243 cm³/mol. The maximum Gasteiger partial charge on any atom is 0.0725 e. The van der Waals surface area contributed by atoms with Gasteiger partial charge in [0.2, 0.25) is 0 Å². The van der Waals surface area contributed by atoms with Gasteiger partial charge in [-0.1, -0.05) is 155 Å². The zero-order chi connectivity index (χ0) is 38.3. The average molecular weight is 750 g/mol. The second-order valence-corrected chi connectivity index (χ2v) is 18.9. The minimum absolute atomic E-state index is 0.151. The van der Waals surface area contributed by atoms with Gasteiger partial charge in [-0.15, -0.1) is 11.3 Å². The quantitative estimate of drug-likeness (QED) is 0.174. The average Bonchev–Trinajstić information content (AvgIpc) is 3.86. The lowest BCUT2D eigenvalue weighted by atomic mass is 9.63. The van der Waals surface area contributed by atoms with Gasteiger partial charge < -0.3 is 4.90 Å². The highest BCUT2D eigenvalue weighted by molar-refractivity contribution is 7.26. The Morgan fingerprint density at radius 1 is 0.421 bits per heavy atom. The summed E-state index contributed by atoms with van der Waals surface area (Å²) >= 11 is 1.96. The third kappa shape index (κ3) is 4.40. The lowest BCUT2D eigenvalue weighted by molar-refractivity contribution is 0.332. The molecule has 0 amide bonds. The van der Waals surface area contributed by atoms with Crippen molar-refractivity contribution in [2.45, 2.75) is 56.8 Å². The molecule has 274 valence electrons. The fourth-order valence-electron chi connectivity index (χ4n) is 11.1. The summed E-state index contributed by atoms with van der Waals surface area (Å²) in [5.41, 5.74) is 17.3. The van der Waals surface area contributed by atoms with E-state index in [4.69, 9.17) is 0 Å². The molecule has 0 saturated carbocycles. The van der Waals surface area contributed by atoms with E-state index >= 15 is 0 Å². The van der Waals surface area contributed by atoms with Crippen LogP contribution < -0.4 is 4.90 Å². The molecule has 57 heavy (non-hydrogen) atoms. The molecular formula is C55H43NS. The van der Waals surface area contributed by atoms with Crippen molar-refractivity contribution in [3.05, 3.63) is 197 Å². The van der Waals surface area contributed by atoms with Crippen molar-refractivity contribution >= 4 is 59.3 Å². The second kappa shape index (κ2) is 11.6. The first-order valence-electron chi connectivity index (χ1n) is 20.5. The molecule has 0 fully saturated rings. The van der Waals surface area contributed by atoms with Crippen LogP contribution in [-0.2, 0) is 16.2 Å². The highest BCUT2D eigenvalue weighted by Crippen LogP contribution is 2.63. The number of benzene rings is 8. The standard InChI is InChI=1S/C55H43NS/c1-53(2)29-30-54(3,4)48-33-51-42(32-47(48)53)40-21-14-26-50(52(40)57-51)56(49-25-13-16-34-15-5-6-17-36(34)49)35-27-28-46-41(31-35)39-20-9-12-24-45(39)55(46)43-22-10-7-18-37(43)38-19-8-11-23-44(38)55/h5-28,31-33H,29-30H2,1-4H3. The van der Waals surface area contributed by atoms with Crippen molar-refractivity contribution in [2.24, 2.45) is 0 Å². The summed E-state index contributed by atoms with van der Waals surface area (Å²) in [5, 5.41) is 5.20. The maximum absolute atomic E-state index is 2.56. The minimum atomic E-state index is -0.367. The Kier molecular flexibility index (Phi) is 6.73. The van der Waals surface area contributed by atoms with Gasteiger partial charge >= 0.3 is 0 Å². The molecule has 0 unspecified atom stereocenters. The van der Waals surface area contributed by atoms with Gasteiger partial charge in [0.25, 0.3) is 0 Å². The highest BCUT2D eigenvalue weighted by atomic mass is 32.1. The van der Waals surface area contributed by atoms with Gasteiger partial charge in [-0.3, -0.25) is 0 Å². The van der Waals surface area contributed by atoms with E-state index < -0.39 is 0 Å². The molecule has 0 N–H and O–H groups in total. The molecular weight excluding hydrogens is 707 g/mol. The Morgan fingerprint density at radius 3 is 1.65 bits per heavy atom. The fraction of sp³-hybridized carbons (Fsp3) is 0.164. The third-order valence-electron chi connectivity index (χ3n) is 13.9. The Balaban J connectivity index is 1.14. The lowest BCUT2D eigenvalue weighted by Crippen LogP contribution is -2.33. The van der Waals surface area contributed by atoms with Crippen LogP contribution in [0.2, 0.25) is 0 Å². The van der Waals surface area contributed by atoms with E-state index in [1.54, 1.807) is 0 Å². The van der Waals surface area contributed by atoms with E-state index in [2.05, 4.69) is 196 Å². The molecule has 0 atom stereocenters. The van der Waals surface area contributed by atoms with E-state index in [9.17, 15) is 0 Å². The number of nitrogens with zero attached hydrogens (tertiary/aromatic N) is 1. The van der Waals surface area contributed by atoms with Crippen LogP contribution in [0.15, 0.2) is 164 Å². The number of fused-ring (bicyclic) bond motifs is 15. The summed E-state index contributed by atoms with van der Waals surface area (Å²) in [5.74, 6) is 0. The van der Waals surface area contributed by atoms with Crippen LogP contribution in [0.25, 0.3) is 53.2 Å². The van der Waals surface area contributed by atoms with E-state index in [1.807, 2.05) is 11.3 Å².